The molecule has 11 heteroatoms. The molecule has 0 unspecified atom stereocenters. The van der Waals surface area contributed by atoms with Crippen molar-refractivity contribution >= 4 is 99.4 Å². The second kappa shape index (κ2) is 26.8. The Balaban J connectivity index is -0.0000000127. The summed E-state index contributed by atoms with van der Waals surface area (Å²) in [4.78, 5) is 37.3. The van der Waals surface area contributed by atoms with Gasteiger partial charge in [-0.25, -0.2) is 0 Å². The molecule has 6 N–H and O–H groups in total. The minimum absolute atomic E-state index is 0. The normalized spacial score (nSPS) is 6.21. The van der Waals surface area contributed by atoms with E-state index in [0.717, 1.165) is 13.8 Å². The average Bonchev–Trinajstić information content (AvgIpc) is 1.98. The third-order valence-corrected chi connectivity index (χ3v) is 0.553. The van der Waals surface area contributed by atoms with Crippen LogP contribution in [0.1, 0.15) is 32.4 Å². The van der Waals surface area contributed by atoms with E-state index in [-0.39, 0.29) is 99.5 Å². The Kier molecular flexibility index (Phi) is 51.6. The molecule has 0 bridgehead atoms. The minimum atomic E-state index is -1.08. The zero-order chi connectivity index (χ0) is 13.7. The molecule has 0 aromatic heterocycles. The summed E-state index contributed by atoms with van der Waals surface area (Å²) in [6.07, 6.45) is -0.593. The van der Waals surface area contributed by atoms with Crippen molar-refractivity contribution < 1.29 is 50.8 Å². The van der Waals surface area contributed by atoms with Crippen molar-refractivity contribution in [3.05, 3.63) is 0 Å². The van der Waals surface area contributed by atoms with Gasteiger partial charge in [0, 0.05) is 13.8 Å². The van der Waals surface area contributed by atoms with Crippen LogP contribution in [0, 0.1) is 0 Å². The van der Waals surface area contributed by atoms with Crippen LogP contribution in [-0.4, -0.2) is 125 Å². The molecular formula is C8H20Ca2O9. The van der Waals surface area contributed by atoms with E-state index in [1.165, 1.54) is 0 Å². The molecule has 0 rings (SSSR count). The number of aliphatic carboxylic acids is 4. The molecule has 0 saturated heterocycles. The summed E-state index contributed by atoms with van der Waals surface area (Å²) in [5, 5.41) is 30.6. The molecule has 0 radical (unpaired) electrons. The summed E-state index contributed by atoms with van der Waals surface area (Å²) in [7, 11) is 0. The third kappa shape index (κ3) is 171. The Morgan fingerprint density at radius 1 is 0.737 bits per heavy atom. The molecule has 9 nitrogen and oxygen atoms in total. The van der Waals surface area contributed by atoms with Crippen LogP contribution in [0.25, 0.3) is 0 Å². The first kappa shape index (κ1) is 36.6. The molecule has 0 aromatic carbocycles. The maximum absolute atomic E-state index is 9.64. The van der Waals surface area contributed by atoms with Crippen LogP contribution in [0.2, 0.25) is 0 Å². The molecule has 0 amide bonds. The van der Waals surface area contributed by atoms with Gasteiger partial charge in [-0.2, -0.15) is 0 Å². The molecule has 0 heterocycles. The molecule has 0 atom stereocenters. The van der Waals surface area contributed by atoms with E-state index in [1.54, 1.807) is 0 Å². The largest absolute Gasteiger partial charge is 2.00 e. The first-order chi connectivity index (χ1) is 7.09. The van der Waals surface area contributed by atoms with Crippen molar-refractivity contribution in [3.8, 4) is 0 Å². The molecule has 0 spiro atoms. The summed E-state index contributed by atoms with van der Waals surface area (Å²) in [5.74, 6) is -3.82. The van der Waals surface area contributed by atoms with Gasteiger partial charge in [0.25, 0.3) is 11.9 Å². The maximum atomic E-state index is 9.64. The van der Waals surface area contributed by atoms with Crippen LogP contribution in [0.4, 0.5) is 0 Å². The van der Waals surface area contributed by atoms with Crippen LogP contribution in [-0.2, 0) is 19.2 Å². The fraction of sp³-hybridized carbons (Fsp3) is 0.500. The number of carbonyl (C=O) groups is 4. The van der Waals surface area contributed by atoms with Gasteiger partial charge in [-0.1, -0.05) is 0 Å². The first-order valence-electron chi connectivity index (χ1n) is 3.92. The van der Waals surface area contributed by atoms with E-state index < -0.39 is 23.9 Å². The summed E-state index contributed by atoms with van der Waals surface area (Å²) in [5.41, 5.74) is 0. The number of carboxylic acids is 4. The van der Waals surface area contributed by atoms with Gasteiger partial charge >= 0.3 is 87.4 Å². The van der Waals surface area contributed by atoms with Crippen LogP contribution in [0.5, 0.6) is 0 Å². The summed E-state index contributed by atoms with van der Waals surface area (Å²) < 4.78 is 0. The SMILES string of the molecule is CC(=O)O.CC(=O)O.O.O=C(O)CCC(=O)O.[Ca+2].[Ca+2].[H-].[H-].[H-].[H-]. The smallest absolute Gasteiger partial charge is 1.00 e. The van der Waals surface area contributed by atoms with Crippen LogP contribution >= 0.6 is 0 Å². The standard InChI is InChI=1S/C4H6O4.2C2H4O2.2Ca.H2O.4H/c5-3(6)1-2-4(7)8;2*1-2(3)4;;;;;;;/h1-2H2,(H,5,6)(H,7,8);2*1H3,(H,3,4);;;1H2;;;;/q;;;2*+2;;4*-1. The minimum Gasteiger partial charge on any atom is -1.00 e. The Morgan fingerprint density at radius 2 is 0.842 bits per heavy atom. The molecule has 0 saturated carbocycles. The molecule has 0 aliphatic carbocycles. The number of rotatable bonds is 3. The van der Waals surface area contributed by atoms with E-state index in [9.17, 15) is 9.59 Å². The molecule has 19 heavy (non-hydrogen) atoms. The van der Waals surface area contributed by atoms with Gasteiger partial charge < -0.3 is 31.6 Å². The Bertz CT molecular complexity index is 236. The summed E-state index contributed by atoms with van der Waals surface area (Å²) in [6, 6.07) is 0. The molecule has 0 aliphatic heterocycles. The van der Waals surface area contributed by atoms with Gasteiger partial charge in [-0.05, 0) is 0 Å². The van der Waals surface area contributed by atoms with Gasteiger partial charge in [0.15, 0.2) is 0 Å². The molecule has 110 valence electrons. The molecule has 0 fully saturated rings. The van der Waals surface area contributed by atoms with E-state index in [0.29, 0.717) is 0 Å². The summed E-state index contributed by atoms with van der Waals surface area (Å²) in [6.45, 7) is 2.17. The van der Waals surface area contributed by atoms with Crippen LogP contribution < -0.4 is 0 Å². The Hall–Kier alpha value is 0.359. The predicted octanol–water partition coefficient (Wildman–Crippen LogP) is -1.02. The topological polar surface area (TPSA) is 181 Å². The van der Waals surface area contributed by atoms with Crippen molar-refractivity contribution in [2.45, 2.75) is 26.7 Å². The first-order valence-corrected chi connectivity index (χ1v) is 3.92. The number of carboxylic acid groups (broad SMARTS) is 4. The van der Waals surface area contributed by atoms with Gasteiger partial charge in [0.1, 0.15) is 0 Å². The van der Waals surface area contributed by atoms with E-state index in [4.69, 9.17) is 30.0 Å². The second-order valence-electron chi connectivity index (χ2n) is 2.33. The average molecular weight is 340 g/mol. The van der Waals surface area contributed by atoms with Crippen LogP contribution in [0.3, 0.4) is 0 Å². The fourth-order valence-electron chi connectivity index (χ4n) is 0.214. The molecule has 0 aliphatic rings. The van der Waals surface area contributed by atoms with E-state index >= 15 is 0 Å². The third-order valence-electron chi connectivity index (χ3n) is 0.553. The number of hydrogen-bond acceptors (Lipinski definition) is 4. The zero-order valence-electron chi connectivity index (χ0n) is 14.8. The van der Waals surface area contributed by atoms with Crippen molar-refractivity contribution in [1.82, 2.24) is 0 Å². The second-order valence-corrected chi connectivity index (χ2v) is 2.33. The predicted molar refractivity (Wildman–Crippen MR) is 70.7 cm³/mol. The monoisotopic (exact) mass is 340 g/mol. The van der Waals surface area contributed by atoms with Crippen molar-refractivity contribution in [2.24, 2.45) is 0 Å². The van der Waals surface area contributed by atoms with Gasteiger partial charge in [0.05, 0.1) is 12.8 Å². The molecular weight excluding hydrogens is 320 g/mol. The van der Waals surface area contributed by atoms with E-state index in [1.807, 2.05) is 0 Å². The molecule has 0 aromatic rings. The fourth-order valence-corrected chi connectivity index (χ4v) is 0.214. The zero-order valence-corrected chi connectivity index (χ0v) is 15.2. The quantitative estimate of drug-likeness (QED) is 0.471. The van der Waals surface area contributed by atoms with Gasteiger partial charge in [-0.3, -0.25) is 19.2 Å². The van der Waals surface area contributed by atoms with Crippen LogP contribution in [0.15, 0.2) is 0 Å². The summed E-state index contributed by atoms with van der Waals surface area (Å²) >= 11 is 0. The van der Waals surface area contributed by atoms with Gasteiger partial charge in [-0.15, -0.1) is 0 Å². The van der Waals surface area contributed by atoms with Crippen molar-refractivity contribution in [1.29, 1.82) is 0 Å². The van der Waals surface area contributed by atoms with Crippen molar-refractivity contribution in [3.63, 3.8) is 0 Å². The maximum Gasteiger partial charge on any atom is 2.00 e. The number of hydrogen-bond donors (Lipinski definition) is 4. The Morgan fingerprint density at radius 3 is 0.895 bits per heavy atom. The Labute approximate surface area is 175 Å². The van der Waals surface area contributed by atoms with Crippen molar-refractivity contribution in [2.75, 3.05) is 0 Å². The van der Waals surface area contributed by atoms with Gasteiger partial charge in [0.2, 0.25) is 0 Å². The van der Waals surface area contributed by atoms with E-state index in [2.05, 4.69) is 0 Å².